The molecule has 2 fully saturated rings. The normalized spacial score (nSPS) is 24.2. The summed E-state index contributed by atoms with van der Waals surface area (Å²) >= 11 is 0. The van der Waals surface area contributed by atoms with Gasteiger partial charge in [-0.25, -0.2) is 18.2 Å². The molecular weight excluding hydrogens is 548 g/mol. The Labute approximate surface area is 234 Å². The van der Waals surface area contributed by atoms with Crippen molar-refractivity contribution >= 4 is 5.90 Å². The van der Waals surface area contributed by atoms with Gasteiger partial charge in [-0.05, 0) is 98.4 Å². The van der Waals surface area contributed by atoms with Crippen LogP contribution in [0, 0.1) is 17.7 Å². The van der Waals surface area contributed by atoms with Crippen molar-refractivity contribution in [3.05, 3.63) is 76.3 Å². The summed E-state index contributed by atoms with van der Waals surface area (Å²) in [6.07, 6.45) is -0.489. The van der Waals surface area contributed by atoms with Crippen molar-refractivity contribution < 1.29 is 40.9 Å². The fourth-order valence-electron chi connectivity index (χ4n) is 5.40. The zero-order chi connectivity index (χ0) is 29.5. The van der Waals surface area contributed by atoms with E-state index in [0.29, 0.717) is 17.9 Å². The molecule has 2 atom stereocenters. The molecule has 2 aromatic rings. The van der Waals surface area contributed by atoms with Crippen LogP contribution >= 0.6 is 0 Å². The molecule has 41 heavy (non-hydrogen) atoms. The highest BCUT2D eigenvalue weighted by molar-refractivity contribution is 5.89. The number of benzene rings is 2. The summed E-state index contributed by atoms with van der Waals surface area (Å²) in [5, 5.41) is 9.83. The topological polar surface area (TPSA) is 51.0 Å². The van der Waals surface area contributed by atoms with E-state index in [0.717, 1.165) is 43.9 Å². The van der Waals surface area contributed by atoms with E-state index in [1.54, 1.807) is 20.0 Å². The van der Waals surface area contributed by atoms with Gasteiger partial charge in [-0.3, -0.25) is 0 Å². The van der Waals surface area contributed by atoms with Gasteiger partial charge in [-0.1, -0.05) is 11.6 Å². The van der Waals surface area contributed by atoms with Gasteiger partial charge in [0.15, 0.2) is 0 Å². The van der Waals surface area contributed by atoms with Crippen LogP contribution in [0.1, 0.15) is 69.1 Å². The van der Waals surface area contributed by atoms with Crippen molar-refractivity contribution in [2.45, 2.75) is 70.8 Å². The number of fused-ring (bicyclic) bond motifs is 5. The van der Waals surface area contributed by atoms with E-state index in [2.05, 4.69) is 4.99 Å². The second-order valence-electron chi connectivity index (χ2n) is 11.5. The minimum absolute atomic E-state index is 0.00933. The second-order valence-corrected chi connectivity index (χ2v) is 11.5. The molecule has 1 aliphatic heterocycles. The molecule has 4 nitrogen and oxygen atoms in total. The molecule has 2 aromatic carbocycles. The van der Waals surface area contributed by atoms with Gasteiger partial charge in [0.2, 0.25) is 5.90 Å². The molecule has 0 saturated heterocycles. The van der Waals surface area contributed by atoms with Crippen LogP contribution in [0.4, 0.5) is 26.3 Å². The lowest BCUT2D eigenvalue weighted by atomic mass is 9.93. The molecule has 1 N–H and O–H groups in total. The summed E-state index contributed by atoms with van der Waals surface area (Å²) in [6, 6.07) is 4.58. The molecule has 10 heteroatoms. The summed E-state index contributed by atoms with van der Waals surface area (Å²) in [5.41, 5.74) is -1.92. The van der Waals surface area contributed by atoms with Gasteiger partial charge >= 0.3 is 6.18 Å². The molecule has 220 valence electrons. The molecular formula is C31H31F6NO3. The Morgan fingerprint density at radius 1 is 1.05 bits per heavy atom. The van der Waals surface area contributed by atoms with Crippen molar-refractivity contribution in [1.29, 1.82) is 0 Å². The molecule has 0 amide bonds. The van der Waals surface area contributed by atoms with Crippen LogP contribution in [0.2, 0.25) is 0 Å². The Bertz CT molecular complexity index is 1400. The third-order valence-corrected chi connectivity index (χ3v) is 7.74. The lowest BCUT2D eigenvalue weighted by Gasteiger charge is -2.20. The first kappa shape index (κ1) is 29.2. The highest BCUT2D eigenvalue weighted by atomic mass is 19.4. The molecule has 3 aliphatic rings. The zero-order valence-electron chi connectivity index (χ0n) is 22.7. The zero-order valence-corrected chi connectivity index (χ0v) is 22.7. The first-order valence-corrected chi connectivity index (χ1v) is 13.5. The average Bonchev–Trinajstić information content (AvgIpc) is 3.63. The van der Waals surface area contributed by atoms with Gasteiger partial charge in [-0.15, -0.1) is 0 Å². The van der Waals surface area contributed by atoms with Gasteiger partial charge in [0.25, 0.3) is 6.43 Å². The number of aliphatic hydroxyl groups is 1. The Kier molecular flexibility index (Phi) is 7.98. The van der Waals surface area contributed by atoms with Crippen molar-refractivity contribution in [3.8, 4) is 16.9 Å². The monoisotopic (exact) mass is 579 g/mol. The summed E-state index contributed by atoms with van der Waals surface area (Å²) < 4.78 is 96.4. The standard InChI is InChI=1S/C31H31F6NO3/c1-30(2,39)7-8-40-21-5-6-22(25(13-21)29(33)34)24-12-20(27(32)14-26(24)31(35,36)37)16-41-28-10-17-3-4-18(15-38-28)23-11-19(23)9-17/h5-6,10,12-15,19,23,29,39H,3-4,7-9,11,16H2,1-2H3/b17-10+,18-15+,38-28-/t19-,23-/m0/s1. The van der Waals surface area contributed by atoms with Gasteiger partial charge in [0.1, 0.15) is 18.2 Å². The minimum atomic E-state index is -5.00. The largest absolute Gasteiger partial charge is 0.493 e. The third kappa shape index (κ3) is 6.97. The summed E-state index contributed by atoms with van der Waals surface area (Å²) in [6.45, 7) is 2.70. The highest BCUT2D eigenvalue weighted by Crippen LogP contribution is 2.52. The number of hydrogen-bond donors (Lipinski definition) is 1. The molecule has 5 rings (SSSR count). The summed E-state index contributed by atoms with van der Waals surface area (Å²) in [5.74, 6) is 0.215. The van der Waals surface area contributed by atoms with E-state index >= 15 is 0 Å². The predicted octanol–water partition coefficient (Wildman–Crippen LogP) is 8.55. The van der Waals surface area contributed by atoms with Gasteiger partial charge in [0.05, 0.1) is 17.8 Å². The Hall–Kier alpha value is -3.27. The molecule has 1 heterocycles. The van der Waals surface area contributed by atoms with Crippen molar-refractivity contribution in [2.24, 2.45) is 16.8 Å². The maximum Gasteiger partial charge on any atom is 0.417 e. The Morgan fingerprint density at radius 3 is 2.54 bits per heavy atom. The first-order valence-electron chi connectivity index (χ1n) is 13.5. The van der Waals surface area contributed by atoms with Gasteiger partial charge in [-0.2, -0.15) is 13.2 Å². The number of hydrogen-bond acceptors (Lipinski definition) is 4. The van der Waals surface area contributed by atoms with E-state index in [1.807, 2.05) is 6.08 Å². The van der Waals surface area contributed by atoms with Crippen LogP contribution in [0.15, 0.2) is 58.7 Å². The SMILES string of the molecule is CC(C)(O)CCOc1ccc(-c2cc(COC3=N\C=C4/CC/C(=C\3)C[C@H]3C[C@@H]43)c(F)cc2C(F)(F)F)c(C(F)F)c1. The van der Waals surface area contributed by atoms with E-state index < -0.39 is 52.9 Å². The molecule has 0 unspecified atom stereocenters. The van der Waals surface area contributed by atoms with Crippen LogP contribution in [0.5, 0.6) is 5.75 Å². The lowest BCUT2D eigenvalue weighted by Crippen LogP contribution is -2.21. The Morgan fingerprint density at radius 2 is 1.83 bits per heavy atom. The molecule has 2 bridgehead atoms. The van der Waals surface area contributed by atoms with Crippen LogP contribution in [0.25, 0.3) is 11.1 Å². The smallest absolute Gasteiger partial charge is 0.417 e. The van der Waals surface area contributed by atoms with Crippen LogP contribution < -0.4 is 4.74 Å². The van der Waals surface area contributed by atoms with Crippen LogP contribution in [0.3, 0.4) is 0 Å². The maximum atomic E-state index is 15.0. The van der Waals surface area contributed by atoms with Crippen LogP contribution in [-0.2, 0) is 17.5 Å². The average molecular weight is 580 g/mol. The maximum absolute atomic E-state index is 15.0. The molecule has 0 spiro atoms. The third-order valence-electron chi connectivity index (χ3n) is 7.74. The number of allylic oxidation sites excluding steroid dienone is 2. The van der Waals surface area contributed by atoms with Crippen molar-refractivity contribution in [2.75, 3.05) is 6.61 Å². The number of halogens is 6. The first-order chi connectivity index (χ1) is 19.3. The quantitative estimate of drug-likeness (QED) is 0.319. The number of ether oxygens (including phenoxy) is 2. The molecule has 0 radical (unpaired) electrons. The van der Waals surface area contributed by atoms with Crippen molar-refractivity contribution in [3.63, 3.8) is 0 Å². The number of aliphatic imine (C=N–C) groups is 1. The van der Waals surface area contributed by atoms with Gasteiger partial charge in [0, 0.05) is 23.7 Å². The Balaban J connectivity index is 1.45. The molecule has 2 saturated carbocycles. The van der Waals surface area contributed by atoms with Gasteiger partial charge < -0.3 is 14.6 Å². The number of alkyl halides is 5. The van der Waals surface area contributed by atoms with E-state index in [9.17, 15) is 31.4 Å². The molecule has 2 aliphatic carbocycles. The highest BCUT2D eigenvalue weighted by Gasteiger charge is 2.42. The van der Waals surface area contributed by atoms with E-state index in [1.165, 1.54) is 17.2 Å². The fraction of sp³-hybridized carbons (Fsp3) is 0.452. The number of nitrogens with zero attached hydrogens (tertiary/aromatic N) is 1. The number of rotatable bonds is 8. The molecule has 0 aromatic heterocycles. The minimum Gasteiger partial charge on any atom is -0.493 e. The fourth-order valence-corrected chi connectivity index (χ4v) is 5.40. The second kappa shape index (κ2) is 11.2. The van der Waals surface area contributed by atoms with Crippen molar-refractivity contribution in [1.82, 2.24) is 0 Å². The van der Waals surface area contributed by atoms with E-state index in [-0.39, 0.29) is 30.2 Å². The summed E-state index contributed by atoms with van der Waals surface area (Å²) in [4.78, 5) is 4.40. The lowest BCUT2D eigenvalue weighted by molar-refractivity contribution is -0.137. The van der Waals surface area contributed by atoms with Crippen LogP contribution in [-0.4, -0.2) is 23.2 Å². The predicted molar refractivity (Wildman–Crippen MR) is 142 cm³/mol. The van der Waals surface area contributed by atoms with E-state index in [4.69, 9.17) is 9.47 Å². The summed E-state index contributed by atoms with van der Waals surface area (Å²) in [7, 11) is 0.